The van der Waals surface area contributed by atoms with E-state index in [9.17, 15) is 9.59 Å². The van der Waals surface area contributed by atoms with E-state index in [1.54, 1.807) is 4.57 Å². The monoisotopic (exact) mass is 416 g/mol. The molecule has 0 radical (unpaired) electrons. The summed E-state index contributed by atoms with van der Waals surface area (Å²) < 4.78 is 13.2. The number of thiazole rings is 1. The molecule has 2 aromatic rings. The molecule has 0 saturated heterocycles. The molecule has 2 aliphatic rings. The van der Waals surface area contributed by atoms with Crippen molar-refractivity contribution in [3.8, 4) is 11.5 Å². The van der Waals surface area contributed by atoms with Crippen molar-refractivity contribution >= 4 is 17.2 Å². The van der Waals surface area contributed by atoms with Crippen LogP contribution in [0.15, 0.2) is 28.4 Å². The van der Waals surface area contributed by atoms with Gasteiger partial charge in [-0.05, 0) is 43.9 Å². The number of aromatic nitrogens is 1. The lowest BCUT2D eigenvalue weighted by Gasteiger charge is -2.31. The van der Waals surface area contributed by atoms with E-state index in [0.717, 1.165) is 30.0 Å². The van der Waals surface area contributed by atoms with Crippen molar-refractivity contribution in [3.63, 3.8) is 0 Å². The van der Waals surface area contributed by atoms with Crippen LogP contribution in [-0.2, 0) is 16.8 Å². The quantitative estimate of drug-likeness (QED) is 0.751. The molecular formula is C22H28N2O4S. The van der Waals surface area contributed by atoms with E-state index < -0.39 is 0 Å². The van der Waals surface area contributed by atoms with Crippen LogP contribution in [0, 0.1) is 6.92 Å². The number of fused-ring (bicyclic) bond motifs is 1. The van der Waals surface area contributed by atoms with Crippen LogP contribution in [0.5, 0.6) is 11.5 Å². The topological polar surface area (TPSA) is 69.6 Å². The average molecular weight is 417 g/mol. The lowest BCUT2D eigenvalue weighted by atomic mass is 9.78. The van der Waals surface area contributed by atoms with Crippen molar-refractivity contribution < 1.29 is 14.3 Å². The molecule has 1 saturated carbocycles. The van der Waals surface area contributed by atoms with Gasteiger partial charge in [-0.3, -0.25) is 9.59 Å². The first kappa shape index (κ1) is 20.0. The maximum atomic E-state index is 12.5. The van der Waals surface area contributed by atoms with E-state index in [1.165, 1.54) is 29.7 Å². The molecule has 1 aliphatic carbocycles. The van der Waals surface area contributed by atoms with Gasteiger partial charge in [0.05, 0.1) is 0 Å². The van der Waals surface area contributed by atoms with E-state index in [0.29, 0.717) is 39.1 Å². The molecule has 0 bridgehead atoms. The summed E-state index contributed by atoms with van der Waals surface area (Å²) >= 11 is 1.21. The summed E-state index contributed by atoms with van der Waals surface area (Å²) in [6.07, 6.45) is 5.57. The summed E-state index contributed by atoms with van der Waals surface area (Å²) in [6, 6.07) is 6.21. The number of nitrogens with one attached hydrogen (secondary N) is 1. The number of hydrogen-bond donors (Lipinski definition) is 1. The summed E-state index contributed by atoms with van der Waals surface area (Å²) in [5.74, 6) is 1.66. The lowest BCUT2D eigenvalue weighted by molar-refractivity contribution is -0.121. The minimum Gasteiger partial charge on any atom is -0.486 e. The molecule has 0 spiro atoms. The van der Waals surface area contributed by atoms with Crippen LogP contribution >= 0.6 is 11.3 Å². The SMILES string of the molecule is Cc1csc(=O)n1CCCC(=O)NCC1(c2ccc3c(c2)OCCO3)CCCC1. The molecule has 4 rings (SSSR count). The van der Waals surface area contributed by atoms with Crippen molar-refractivity contribution in [1.82, 2.24) is 9.88 Å². The van der Waals surface area contributed by atoms with Crippen molar-refractivity contribution in [1.29, 1.82) is 0 Å². The fraction of sp³-hybridized carbons (Fsp3) is 0.545. The van der Waals surface area contributed by atoms with Crippen LogP contribution in [0.4, 0.5) is 0 Å². The zero-order valence-electron chi connectivity index (χ0n) is 16.9. The van der Waals surface area contributed by atoms with E-state index in [2.05, 4.69) is 17.4 Å². The highest BCUT2D eigenvalue weighted by molar-refractivity contribution is 7.07. The molecule has 1 amide bonds. The van der Waals surface area contributed by atoms with Gasteiger partial charge in [-0.25, -0.2) is 0 Å². The van der Waals surface area contributed by atoms with E-state index in [4.69, 9.17) is 9.47 Å². The highest BCUT2D eigenvalue weighted by Gasteiger charge is 2.36. The Kier molecular flexibility index (Phi) is 5.94. The van der Waals surface area contributed by atoms with Crippen molar-refractivity contribution in [3.05, 3.63) is 44.5 Å². The van der Waals surface area contributed by atoms with Gasteiger partial charge in [0.2, 0.25) is 5.91 Å². The highest BCUT2D eigenvalue weighted by atomic mass is 32.1. The normalized spacial score (nSPS) is 17.3. The molecule has 1 aromatic carbocycles. The second kappa shape index (κ2) is 8.61. The molecular weight excluding hydrogens is 388 g/mol. The first-order valence-corrected chi connectivity index (χ1v) is 11.3. The summed E-state index contributed by atoms with van der Waals surface area (Å²) in [6.45, 7) is 4.32. The summed E-state index contributed by atoms with van der Waals surface area (Å²) in [4.78, 5) is 24.3. The molecule has 1 aromatic heterocycles. The van der Waals surface area contributed by atoms with Crippen LogP contribution in [0.2, 0.25) is 0 Å². The van der Waals surface area contributed by atoms with Gasteiger partial charge in [0.15, 0.2) is 11.5 Å². The van der Waals surface area contributed by atoms with Crippen LogP contribution in [-0.4, -0.2) is 30.2 Å². The fourth-order valence-electron chi connectivity index (χ4n) is 4.42. The van der Waals surface area contributed by atoms with Gasteiger partial charge in [0.25, 0.3) is 0 Å². The van der Waals surface area contributed by atoms with Crippen molar-refractivity contribution in [2.45, 2.75) is 57.4 Å². The third-order valence-electron chi connectivity index (χ3n) is 6.10. The standard InChI is InChI=1S/C22H28N2O4S/c1-16-14-29-21(26)24(16)10-4-5-20(25)23-15-22(8-2-3-9-22)17-6-7-18-19(13-17)28-12-11-27-18/h6-7,13-14H,2-5,8-12,15H2,1H3,(H,23,25). The molecule has 6 nitrogen and oxygen atoms in total. The minimum atomic E-state index is -0.0353. The predicted molar refractivity (Wildman–Crippen MR) is 113 cm³/mol. The lowest BCUT2D eigenvalue weighted by Crippen LogP contribution is -2.39. The molecule has 0 unspecified atom stereocenters. The van der Waals surface area contributed by atoms with E-state index in [-0.39, 0.29) is 16.2 Å². The number of amides is 1. The summed E-state index contributed by atoms with van der Waals surface area (Å²) in [5, 5.41) is 5.02. The number of carbonyl (C=O) groups is 1. The first-order valence-electron chi connectivity index (χ1n) is 10.4. The summed E-state index contributed by atoms with van der Waals surface area (Å²) in [7, 11) is 0. The van der Waals surface area contributed by atoms with Gasteiger partial charge in [-0.2, -0.15) is 0 Å². The number of rotatable bonds is 7. The number of aryl methyl sites for hydroxylation is 1. The Labute approximate surface area is 174 Å². The Hall–Kier alpha value is -2.28. The van der Waals surface area contributed by atoms with Crippen LogP contribution in [0.1, 0.15) is 49.8 Å². The highest BCUT2D eigenvalue weighted by Crippen LogP contribution is 2.43. The molecule has 156 valence electrons. The van der Waals surface area contributed by atoms with Gasteiger partial charge in [0.1, 0.15) is 13.2 Å². The van der Waals surface area contributed by atoms with Gasteiger partial charge >= 0.3 is 4.87 Å². The Morgan fingerprint density at radius 2 is 1.97 bits per heavy atom. The molecule has 2 heterocycles. The molecule has 7 heteroatoms. The Bertz CT molecular complexity index is 927. The third-order valence-corrected chi connectivity index (χ3v) is 6.98. The molecule has 1 N–H and O–H groups in total. The summed E-state index contributed by atoms with van der Waals surface area (Å²) in [5.41, 5.74) is 2.15. The smallest absolute Gasteiger partial charge is 0.307 e. The number of carbonyl (C=O) groups excluding carboxylic acids is 1. The fourth-order valence-corrected chi connectivity index (χ4v) is 5.18. The third kappa shape index (κ3) is 4.34. The van der Waals surface area contributed by atoms with Crippen molar-refractivity contribution in [2.24, 2.45) is 0 Å². The van der Waals surface area contributed by atoms with Gasteiger partial charge < -0.3 is 19.4 Å². The zero-order valence-corrected chi connectivity index (χ0v) is 17.7. The maximum Gasteiger partial charge on any atom is 0.307 e. The van der Waals surface area contributed by atoms with E-state index >= 15 is 0 Å². The predicted octanol–water partition coefficient (Wildman–Crippen LogP) is 3.40. The van der Waals surface area contributed by atoms with Gasteiger partial charge in [-0.1, -0.05) is 30.2 Å². The van der Waals surface area contributed by atoms with Crippen molar-refractivity contribution in [2.75, 3.05) is 19.8 Å². The van der Waals surface area contributed by atoms with E-state index in [1.807, 2.05) is 18.4 Å². The molecule has 29 heavy (non-hydrogen) atoms. The largest absolute Gasteiger partial charge is 0.486 e. The molecule has 0 atom stereocenters. The van der Waals surface area contributed by atoms with Crippen LogP contribution in [0.3, 0.4) is 0 Å². The first-order chi connectivity index (χ1) is 14.1. The van der Waals surface area contributed by atoms with Gasteiger partial charge in [0, 0.05) is 36.0 Å². The minimum absolute atomic E-state index is 0.0353. The van der Waals surface area contributed by atoms with Crippen LogP contribution in [0.25, 0.3) is 0 Å². The molecule has 1 fully saturated rings. The number of nitrogens with zero attached hydrogens (tertiary/aromatic N) is 1. The molecule has 1 aliphatic heterocycles. The Morgan fingerprint density at radius 1 is 1.21 bits per heavy atom. The van der Waals surface area contributed by atoms with Gasteiger partial charge in [-0.15, -0.1) is 0 Å². The van der Waals surface area contributed by atoms with Crippen LogP contribution < -0.4 is 19.7 Å². The maximum absolute atomic E-state index is 12.5. The number of hydrogen-bond acceptors (Lipinski definition) is 5. The second-order valence-corrected chi connectivity index (χ2v) is 8.84. The average Bonchev–Trinajstić information content (AvgIpc) is 3.35. The number of ether oxygens (including phenoxy) is 2. The zero-order chi connectivity index (χ0) is 20.3. The Balaban J connectivity index is 1.36. The second-order valence-electron chi connectivity index (χ2n) is 8.02. The number of benzene rings is 1. The Morgan fingerprint density at radius 3 is 2.69 bits per heavy atom.